The number of carbonyl (C=O) groups excluding carboxylic acids is 1. The summed E-state index contributed by atoms with van der Waals surface area (Å²) in [5, 5.41) is 31.9. The highest BCUT2D eigenvalue weighted by atomic mass is 19.4. The van der Waals surface area contributed by atoms with E-state index in [9.17, 15) is 49.6 Å². The van der Waals surface area contributed by atoms with Gasteiger partial charge in [-0.3, -0.25) is 14.4 Å². The molecule has 6 rings (SSSR count). The van der Waals surface area contributed by atoms with Gasteiger partial charge in [-0.05, 0) is 31.7 Å². The summed E-state index contributed by atoms with van der Waals surface area (Å²) in [5.41, 5.74) is 1.44. The zero-order chi connectivity index (χ0) is 43.8. The van der Waals surface area contributed by atoms with Crippen LogP contribution in [-0.2, 0) is 26.0 Å². The first-order valence-electron chi connectivity index (χ1n) is 17.0. The minimum absolute atomic E-state index is 0.119. The van der Waals surface area contributed by atoms with Crippen LogP contribution in [0.5, 0.6) is 5.88 Å². The number of aliphatic carboxylic acids is 2. The van der Waals surface area contributed by atoms with Crippen molar-refractivity contribution in [1.82, 2.24) is 44.9 Å². The molecule has 0 radical (unpaired) electrons. The van der Waals surface area contributed by atoms with Crippen LogP contribution in [0.1, 0.15) is 48.4 Å². The number of methoxy groups -OCH3 is 1. The number of halogens is 9. The summed E-state index contributed by atoms with van der Waals surface area (Å²) < 4.78 is 117. The quantitative estimate of drug-likeness (QED) is 0.126. The Bertz CT molecular complexity index is 2100. The van der Waals surface area contributed by atoms with Crippen LogP contribution < -0.4 is 10.1 Å². The number of carbonyl (C=O) groups is 3. The number of hydrogen-bond acceptors (Lipinski definition) is 12. The second-order valence-corrected chi connectivity index (χ2v) is 12.9. The molecule has 2 aliphatic rings. The maximum absolute atomic E-state index is 13.5. The fourth-order valence-electron chi connectivity index (χ4n) is 6.04. The number of carboxylic acids is 2. The first kappa shape index (κ1) is 45.6. The van der Waals surface area contributed by atoms with Gasteiger partial charge in [0.2, 0.25) is 11.7 Å². The smallest absolute Gasteiger partial charge is 0.475 e. The summed E-state index contributed by atoms with van der Waals surface area (Å²) in [6.45, 7) is 1.61. The monoisotopic (exact) mass is 852 g/mol. The Hall–Kier alpha value is -6.10. The van der Waals surface area contributed by atoms with Crippen molar-refractivity contribution in [3.8, 4) is 23.2 Å². The number of rotatable bonds is 10. The van der Waals surface area contributed by atoms with Crippen LogP contribution in [0.15, 0.2) is 37.1 Å². The first-order valence-corrected chi connectivity index (χ1v) is 17.0. The second-order valence-electron chi connectivity index (χ2n) is 12.9. The van der Waals surface area contributed by atoms with Gasteiger partial charge in [-0.1, -0.05) is 0 Å². The highest BCUT2D eigenvalue weighted by Gasteiger charge is 2.48. The van der Waals surface area contributed by atoms with Crippen molar-refractivity contribution in [2.45, 2.75) is 68.3 Å². The van der Waals surface area contributed by atoms with Crippen LogP contribution in [0.25, 0.3) is 22.3 Å². The molecule has 0 atom stereocenters. The van der Waals surface area contributed by atoms with Crippen molar-refractivity contribution in [1.29, 1.82) is 5.26 Å². The van der Waals surface area contributed by atoms with E-state index >= 15 is 0 Å². The Morgan fingerprint density at radius 1 is 1.00 bits per heavy atom. The Morgan fingerprint density at radius 2 is 1.63 bits per heavy atom. The second kappa shape index (κ2) is 18.7. The molecule has 2 fully saturated rings. The average Bonchev–Trinajstić information content (AvgIpc) is 3.84. The number of alkyl halides is 9. The molecule has 4 aromatic heterocycles. The lowest BCUT2D eigenvalue weighted by Crippen LogP contribution is -2.65. The van der Waals surface area contributed by atoms with E-state index in [1.807, 2.05) is 23.1 Å². The van der Waals surface area contributed by atoms with E-state index in [2.05, 4.69) is 46.3 Å². The maximum Gasteiger partial charge on any atom is 0.490 e. The number of hydrogen-bond donors (Lipinski definition) is 4. The Kier molecular flexibility index (Phi) is 14.4. The summed E-state index contributed by atoms with van der Waals surface area (Å²) in [4.78, 5) is 51.2. The van der Waals surface area contributed by atoms with Gasteiger partial charge in [0.15, 0.2) is 0 Å². The third-order valence-electron chi connectivity index (χ3n) is 8.81. The van der Waals surface area contributed by atoms with E-state index < -0.39 is 53.4 Å². The summed E-state index contributed by atoms with van der Waals surface area (Å²) in [5.74, 6) is -8.00. The van der Waals surface area contributed by atoms with Gasteiger partial charge in [0.25, 0.3) is 5.91 Å². The van der Waals surface area contributed by atoms with Gasteiger partial charge < -0.3 is 30.0 Å². The molecular weight excluding hydrogens is 819 g/mol. The van der Waals surface area contributed by atoms with Crippen LogP contribution in [-0.4, -0.2) is 126 Å². The molecule has 1 aliphatic carbocycles. The molecule has 0 aromatic carbocycles. The molecule has 4 N–H and O–H groups in total. The van der Waals surface area contributed by atoms with Crippen molar-refractivity contribution in [3.05, 3.63) is 48.6 Å². The number of carboxylic acid groups (broad SMARTS) is 2. The maximum atomic E-state index is 13.5. The van der Waals surface area contributed by atoms with Crippen LogP contribution >= 0.6 is 0 Å². The van der Waals surface area contributed by atoms with Crippen LogP contribution in [0.4, 0.5) is 39.5 Å². The summed E-state index contributed by atoms with van der Waals surface area (Å²) in [6.07, 6.45) is -5.38. The van der Waals surface area contributed by atoms with Crippen LogP contribution in [0.2, 0.25) is 0 Å². The fraction of sp³-hybridized carbons (Fsp3) is 0.485. The summed E-state index contributed by atoms with van der Waals surface area (Å²) >= 11 is 0. The van der Waals surface area contributed by atoms with Gasteiger partial charge >= 0.3 is 30.5 Å². The molecule has 1 saturated heterocycles. The molecule has 0 spiro atoms. The van der Waals surface area contributed by atoms with Crippen LogP contribution in [0, 0.1) is 11.3 Å². The number of likely N-dealkylation sites (tertiary alicyclic amines) is 1. The first-order chi connectivity index (χ1) is 27.6. The molecule has 320 valence electrons. The number of nitrogens with zero attached hydrogens (tertiary/aromatic N) is 8. The predicted octanol–water partition coefficient (Wildman–Crippen LogP) is 4.59. The van der Waals surface area contributed by atoms with Gasteiger partial charge in [-0.25, -0.2) is 24.5 Å². The number of H-pyrrole nitrogens is 1. The van der Waals surface area contributed by atoms with E-state index in [4.69, 9.17) is 29.3 Å². The van der Waals surface area contributed by atoms with E-state index in [1.165, 1.54) is 13.4 Å². The topological polar surface area (TPSA) is 234 Å². The molecule has 26 heteroatoms. The molecule has 0 bridgehead atoms. The molecule has 4 aromatic rings. The lowest BCUT2D eigenvalue weighted by Gasteiger charge is -2.53. The summed E-state index contributed by atoms with van der Waals surface area (Å²) in [6, 6.07) is 5.60. The Balaban J connectivity index is 0.000000471. The minimum Gasteiger partial charge on any atom is -0.475 e. The molecule has 0 unspecified atom stereocenters. The molecule has 1 saturated carbocycles. The van der Waals surface area contributed by atoms with Gasteiger partial charge in [0.05, 0.1) is 31.0 Å². The number of amides is 1. The van der Waals surface area contributed by atoms with E-state index in [1.54, 1.807) is 6.20 Å². The number of aromatic nitrogens is 7. The molecule has 5 heterocycles. The highest BCUT2D eigenvalue weighted by molar-refractivity contribution is 5.92. The Labute approximate surface area is 326 Å². The number of aromatic amines is 1. The van der Waals surface area contributed by atoms with Gasteiger partial charge in [-0.15, -0.1) is 0 Å². The highest BCUT2D eigenvalue weighted by Crippen LogP contribution is 2.39. The average molecular weight is 853 g/mol. The summed E-state index contributed by atoms with van der Waals surface area (Å²) in [7, 11) is 1.45. The SMILES string of the molecule is COCCNC(=O)c1cc(O[C@H]2CC[C@@H](N3CC(CC#N)(n4cc(-c5ncnc6[nH]ccc56)cn4)C3)CC2)nc(C(F)(F)F)n1.O=C(O)C(F)(F)F.O=C(O)C(F)(F)F. The lowest BCUT2D eigenvalue weighted by atomic mass is 9.82. The largest absolute Gasteiger partial charge is 0.490 e. The minimum atomic E-state index is -5.08. The van der Waals surface area contributed by atoms with Crippen molar-refractivity contribution in [2.75, 3.05) is 33.4 Å². The molecule has 59 heavy (non-hydrogen) atoms. The van der Waals surface area contributed by atoms with Crippen molar-refractivity contribution >= 4 is 28.9 Å². The molecule has 1 aliphatic heterocycles. The number of nitrogens with one attached hydrogen (secondary N) is 2. The van der Waals surface area contributed by atoms with Gasteiger partial charge in [0, 0.05) is 62.2 Å². The van der Waals surface area contributed by atoms with Gasteiger partial charge in [0.1, 0.15) is 29.3 Å². The zero-order valence-electron chi connectivity index (χ0n) is 30.4. The van der Waals surface area contributed by atoms with Crippen molar-refractivity contribution in [3.63, 3.8) is 0 Å². The lowest BCUT2D eigenvalue weighted by molar-refractivity contribution is -0.193. The third kappa shape index (κ3) is 12.0. The number of nitriles is 1. The number of fused-ring (bicyclic) bond motifs is 1. The predicted molar refractivity (Wildman–Crippen MR) is 180 cm³/mol. The fourth-order valence-corrected chi connectivity index (χ4v) is 6.04. The van der Waals surface area contributed by atoms with Crippen molar-refractivity contribution < 1.29 is 73.6 Å². The molecular formula is C33H33F9N10O7. The van der Waals surface area contributed by atoms with E-state index in [0.29, 0.717) is 32.4 Å². The van der Waals surface area contributed by atoms with Crippen molar-refractivity contribution in [2.24, 2.45) is 0 Å². The molecule has 1 amide bonds. The third-order valence-corrected chi connectivity index (χ3v) is 8.81. The Morgan fingerprint density at radius 3 is 2.19 bits per heavy atom. The normalized spacial score (nSPS) is 17.9. The van der Waals surface area contributed by atoms with E-state index in [-0.39, 0.29) is 31.2 Å². The molecule has 17 nitrogen and oxygen atoms in total. The zero-order valence-corrected chi connectivity index (χ0v) is 30.4. The van der Waals surface area contributed by atoms with E-state index in [0.717, 1.165) is 41.2 Å². The van der Waals surface area contributed by atoms with Gasteiger partial charge in [-0.2, -0.15) is 54.9 Å². The standard InChI is InChI=1S/C29H31F3N10O3.2C2HF3O2/c1-44-11-10-35-26(43)22-12-23(40-27(39-22)29(30,31)32)45-20-4-2-19(3-5-20)41-15-28(16-41,7-8-33)42-14-18(13-38-42)24-21-6-9-34-25(21)37-17-36-24;2*3-2(4,5)1(6)7/h6,9,12-14,17,19-20H,2-5,7,10-11,15-16H2,1H3,(H,35,43)(H,34,36,37);2*(H,6,7)/t19-,20+;;. The van der Waals surface area contributed by atoms with Crippen LogP contribution in [0.3, 0.4) is 0 Å². The number of ether oxygens (including phenoxy) is 2.